The first-order valence-electron chi connectivity index (χ1n) is 7.55. The molecule has 0 atom stereocenters. The van der Waals surface area contributed by atoms with Gasteiger partial charge in [0.05, 0.1) is 19.6 Å². The highest BCUT2D eigenvalue weighted by atomic mass is 32.2. The SMILES string of the molecule is COC(=O)/C=C/c1ccc(OS(=O)(=O)/C=C/c2ccccc2)c(OC)c1. The number of benzene rings is 2. The minimum Gasteiger partial charge on any atom is -0.493 e. The molecule has 0 saturated carbocycles. The second-order valence-corrected chi connectivity index (χ2v) is 6.48. The summed E-state index contributed by atoms with van der Waals surface area (Å²) in [5, 5.41) is 0.979. The molecule has 0 saturated heterocycles. The van der Waals surface area contributed by atoms with Crippen molar-refractivity contribution in [1.82, 2.24) is 0 Å². The number of methoxy groups -OCH3 is 2. The zero-order valence-corrected chi connectivity index (χ0v) is 15.1. The number of hydrogen-bond donors (Lipinski definition) is 0. The van der Waals surface area contributed by atoms with E-state index in [9.17, 15) is 13.2 Å². The van der Waals surface area contributed by atoms with Gasteiger partial charge in [-0.2, -0.15) is 8.42 Å². The lowest BCUT2D eigenvalue weighted by molar-refractivity contribution is -0.134. The summed E-state index contributed by atoms with van der Waals surface area (Å²) in [6, 6.07) is 13.6. The van der Waals surface area contributed by atoms with Gasteiger partial charge in [-0.05, 0) is 35.4 Å². The predicted octanol–water partition coefficient (Wildman–Crippen LogP) is 3.26. The van der Waals surface area contributed by atoms with Gasteiger partial charge in [0.1, 0.15) is 0 Å². The molecule has 7 heteroatoms. The Bertz CT molecular complexity index is 914. The number of rotatable bonds is 7. The third kappa shape index (κ3) is 5.78. The Labute approximate surface area is 152 Å². The van der Waals surface area contributed by atoms with Crippen molar-refractivity contribution in [3.05, 3.63) is 71.1 Å². The highest BCUT2D eigenvalue weighted by molar-refractivity contribution is 7.90. The molecule has 136 valence electrons. The predicted molar refractivity (Wildman–Crippen MR) is 99.1 cm³/mol. The van der Waals surface area contributed by atoms with E-state index >= 15 is 0 Å². The average Bonchev–Trinajstić information content (AvgIpc) is 2.66. The zero-order chi connectivity index (χ0) is 19.0. The lowest BCUT2D eigenvalue weighted by Gasteiger charge is -2.09. The van der Waals surface area contributed by atoms with E-state index in [2.05, 4.69) is 4.74 Å². The van der Waals surface area contributed by atoms with Gasteiger partial charge < -0.3 is 13.7 Å². The molecule has 0 heterocycles. The molecule has 2 aromatic carbocycles. The standard InChI is InChI=1S/C19H18O6S/c1-23-18-14-16(9-11-19(20)24-2)8-10-17(18)25-26(21,22)13-12-15-6-4-3-5-7-15/h3-14H,1-2H3/b11-9+,13-12+. The van der Waals surface area contributed by atoms with E-state index < -0.39 is 16.1 Å². The van der Waals surface area contributed by atoms with Gasteiger partial charge in [0.2, 0.25) is 0 Å². The van der Waals surface area contributed by atoms with Crippen molar-refractivity contribution < 1.29 is 26.9 Å². The van der Waals surface area contributed by atoms with Crippen molar-refractivity contribution in [2.45, 2.75) is 0 Å². The van der Waals surface area contributed by atoms with Crippen LogP contribution in [0.2, 0.25) is 0 Å². The Morgan fingerprint density at radius 1 is 0.923 bits per heavy atom. The van der Waals surface area contributed by atoms with Gasteiger partial charge in [0, 0.05) is 6.08 Å². The Morgan fingerprint density at radius 2 is 1.65 bits per heavy atom. The molecule has 0 fully saturated rings. The molecule has 6 nitrogen and oxygen atoms in total. The van der Waals surface area contributed by atoms with E-state index in [1.807, 2.05) is 6.07 Å². The maximum Gasteiger partial charge on any atom is 0.332 e. The maximum atomic E-state index is 12.1. The number of ether oxygens (including phenoxy) is 2. The molecule has 0 N–H and O–H groups in total. The van der Waals surface area contributed by atoms with Crippen LogP contribution in [0, 0.1) is 0 Å². The van der Waals surface area contributed by atoms with Crippen molar-refractivity contribution in [3.63, 3.8) is 0 Å². The molecule has 0 unspecified atom stereocenters. The largest absolute Gasteiger partial charge is 0.493 e. The summed E-state index contributed by atoms with van der Waals surface area (Å²) in [5.74, 6) is -0.243. The van der Waals surface area contributed by atoms with E-state index in [0.717, 1.165) is 11.0 Å². The minimum absolute atomic E-state index is 0.0421. The topological polar surface area (TPSA) is 78.9 Å². The number of carbonyl (C=O) groups excluding carboxylic acids is 1. The van der Waals surface area contributed by atoms with Crippen molar-refractivity contribution in [1.29, 1.82) is 0 Å². The van der Waals surface area contributed by atoms with E-state index in [1.165, 1.54) is 38.5 Å². The molecule has 0 aliphatic heterocycles. The first kappa shape index (κ1) is 19.3. The fourth-order valence-electron chi connectivity index (χ4n) is 1.97. The Morgan fingerprint density at radius 3 is 2.31 bits per heavy atom. The zero-order valence-electron chi connectivity index (χ0n) is 14.3. The van der Waals surface area contributed by atoms with Gasteiger partial charge in [0.25, 0.3) is 0 Å². The average molecular weight is 374 g/mol. The molecule has 0 amide bonds. The van der Waals surface area contributed by atoms with E-state index in [4.69, 9.17) is 8.92 Å². The molecule has 0 aliphatic carbocycles. The fourth-order valence-corrected chi connectivity index (χ4v) is 2.74. The fraction of sp³-hybridized carbons (Fsp3) is 0.105. The van der Waals surface area contributed by atoms with Crippen molar-refractivity contribution in [3.8, 4) is 11.5 Å². The van der Waals surface area contributed by atoms with Crippen LogP contribution in [0.4, 0.5) is 0 Å². The third-order valence-corrected chi connectivity index (χ3v) is 4.11. The quantitative estimate of drug-likeness (QED) is 0.420. The summed E-state index contributed by atoms with van der Waals surface area (Å²) in [4.78, 5) is 11.1. The number of hydrogen-bond acceptors (Lipinski definition) is 6. The first-order valence-corrected chi connectivity index (χ1v) is 9.02. The van der Waals surface area contributed by atoms with E-state index in [1.54, 1.807) is 36.4 Å². The van der Waals surface area contributed by atoms with Gasteiger partial charge in [-0.25, -0.2) is 4.79 Å². The van der Waals surface area contributed by atoms with Crippen LogP contribution >= 0.6 is 0 Å². The molecular formula is C19H18O6S. The molecule has 26 heavy (non-hydrogen) atoms. The minimum atomic E-state index is -3.96. The molecule has 2 rings (SSSR count). The molecule has 0 radical (unpaired) electrons. The van der Waals surface area contributed by atoms with E-state index in [0.29, 0.717) is 5.56 Å². The van der Waals surface area contributed by atoms with Gasteiger partial charge in [-0.15, -0.1) is 0 Å². The highest BCUT2D eigenvalue weighted by Crippen LogP contribution is 2.30. The first-order chi connectivity index (χ1) is 12.4. The molecule has 0 aliphatic rings. The Kier molecular flexibility index (Phi) is 6.57. The summed E-state index contributed by atoms with van der Waals surface area (Å²) < 4.78 is 39.1. The summed E-state index contributed by atoms with van der Waals surface area (Å²) >= 11 is 0. The van der Waals surface area contributed by atoms with Crippen LogP contribution in [0.3, 0.4) is 0 Å². The number of carbonyl (C=O) groups is 1. The molecule has 0 aromatic heterocycles. The normalized spacial score (nSPS) is 11.6. The smallest absolute Gasteiger partial charge is 0.332 e. The van der Waals surface area contributed by atoms with Crippen molar-refractivity contribution in [2.24, 2.45) is 0 Å². The van der Waals surface area contributed by atoms with Gasteiger partial charge >= 0.3 is 16.1 Å². The molecule has 0 spiro atoms. The van der Waals surface area contributed by atoms with Crippen LogP contribution in [-0.2, 0) is 19.6 Å². The van der Waals surface area contributed by atoms with Crippen LogP contribution in [0.15, 0.2) is 60.0 Å². The second kappa shape index (κ2) is 8.87. The molecule has 2 aromatic rings. The van der Waals surface area contributed by atoms with Crippen LogP contribution in [0.1, 0.15) is 11.1 Å². The van der Waals surface area contributed by atoms with Gasteiger partial charge in [-0.1, -0.05) is 36.4 Å². The van der Waals surface area contributed by atoms with Crippen LogP contribution in [0.5, 0.6) is 11.5 Å². The summed E-state index contributed by atoms with van der Waals surface area (Å²) in [7, 11) is -1.29. The maximum absolute atomic E-state index is 12.1. The van der Waals surface area contributed by atoms with Crippen LogP contribution in [0.25, 0.3) is 12.2 Å². The summed E-state index contributed by atoms with van der Waals surface area (Å²) in [6.45, 7) is 0. The molecular weight excluding hydrogens is 356 g/mol. The second-order valence-electron chi connectivity index (χ2n) is 5.06. The third-order valence-electron chi connectivity index (χ3n) is 3.23. The summed E-state index contributed by atoms with van der Waals surface area (Å²) in [6.07, 6.45) is 4.20. The van der Waals surface area contributed by atoms with Crippen molar-refractivity contribution >= 4 is 28.2 Å². The van der Waals surface area contributed by atoms with Gasteiger partial charge in [0.15, 0.2) is 11.5 Å². The van der Waals surface area contributed by atoms with Gasteiger partial charge in [-0.3, -0.25) is 0 Å². The number of esters is 1. The monoisotopic (exact) mass is 374 g/mol. The highest BCUT2D eigenvalue weighted by Gasteiger charge is 2.13. The summed E-state index contributed by atoms with van der Waals surface area (Å²) in [5.41, 5.74) is 1.35. The Hall–Kier alpha value is -3.06. The van der Waals surface area contributed by atoms with E-state index in [-0.39, 0.29) is 11.5 Å². The van der Waals surface area contributed by atoms with Crippen LogP contribution in [-0.4, -0.2) is 28.6 Å². The molecule has 0 bridgehead atoms. The lowest BCUT2D eigenvalue weighted by atomic mass is 10.2. The van der Waals surface area contributed by atoms with Crippen molar-refractivity contribution in [2.75, 3.05) is 14.2 Å². The lowest BCUT2D eigenvalue weighted by Crippen LogP contribution is -2.06. The van der Waals surface area contributed by atoms with Crippen LogP contribution < -0.4 is 8.92 Å². The Balaban J connectivity index is 2.18.